The molecule has 0 atom stereocenters. The summed E-state index contributed by atoms with van der Waals surface area (Å²) in [5.74, 6) is -4.42. The van der Waals surface area contributed by atoms with Gasteiger partial charge < -0.3 is 39.4 Å². The van der Waals surface area contributed by atoms with Crippen molar-refractivity contribution >= 4 is 23.8 Å². The van der Waals surface area contributed by atoms with Gasteiger partial charge in [-0.15, -0.1) is 0 Å². The predicted molar refractivity (Wildman–Crippen MR) is 134 cm³/mol. The molecule has 10 heteroatoms. The van der Waals surface area contributed by atoms with Crippen LogP contribution in [-0.4, -0.2) is 89.1 Å². The Balaban J connectivity index is 0.00000104. The number of nitrogens with zero attached hydrogens (tertiary/aromatic N) is 2. The summed E-state index contributed by atoms with van der Waals surface area (Å²) in [7, 11) is 17.0. The molecule has 0 fully saturated rings. The first kappa shape index (κ1) is 32.0. The average molecular weight is 501 g/mol. The zero-order chi connectivity index (χ0) is 28.1. The fraction of sp³-hybridized carbons (Fsp3) is 0.308. The quantitative estimate of drug-likeness (QED) is 0.522. The van der Waals surface area contributed by atoms with E-state index in [4.69, 9.17) is 0 Å². The number of hydrogen-bond donors (Lipinski definition) is 2. The lowest BCUT2D eigenvalue weighted by Crippen LogP contribution is -2.29. The van der Waals surface area contributed by atoms with E-state index >= 15 is 0 Å². The summed E-state index contributed by atoms with van der Waals surface area (Å²) in [6.07, 6.45) is 2.15. The van der Waals surface area contributed by atoms with Crippen LogP contribution < -0.4 is 20.8 Å². The first-order chi connectivity index (χ1) is 16.4. The Kier molecular flexibility index (Phi) is 12.8. The van der Waals surface area contributed by atoms with Crippen molar-refractivity contribution in [2.45, 2.75) is 0 Å². The molecule has 0 bridgehead atoms. The van der Waals surface area contributed by atoms with Gasteiger partial charge in [-0.1, -0.05) is 36.4 Å². The van der Waals surface area contributed by atoms with Gasteiger partial charge in [0.05, 0.1) is 68.3 Å². The summed E-state index contributed by atoms with van der Waals surface area (Å²) < 4.78 is 2.00. The molecule has 2 N–H and O–H groups in total. The van der Waals surface area contributed by atoms with Crippen molar-refractivity contribution in [2.24, 2.45) is 0 Å². The molecule has 2 rings (SSSR count). The minimum Gasteiger partial charge on any atom is -0.545 e. The Hall–Kier alpha value is -4.02. The average Bonchev–Trinajstić information content (AvgIpc) is 2.74. The summed E-state index contributed by atoms with van der Waals surface area (Å²) in [6.45, 7) is 0. The van der Waals surface area contributed by atoms with Gasteiger partial charge in [0.25, 0.3) is 11.8 Å². The van der Waals surface area contributed by atoms with E-state index in [1.807, 2.05) is 0 Å². The monoisotopic (exact) mass is 500 g/mol. The van der Waals surface area contributed by atoms with Crippen molar-refractivity contribution in [1.29, 1.82) is 0 Å². The maximum Gasteiger partial charge on any atom is 0.255 e. The Bertz CT molecular complexity index is 985. The summed E-state index contributed by atoms with van der Waals surface area (Å²) in [5.41, 5.74) is -0.757. The maximum atomic E-state index is 12.0. The Morgan fingerprint density at radius 2 is 0.778 bits per heavy atom. The molecule has 0 aromatic heterocycles. The molecule has 0 saturated heterocycles. The maximum absolute atomic E-state index is 12.0. The van der Waals surface area contributed by atoms with Crippen LogP contribution in [0.4, 0.5) is 0 Å². The van der Waals surface area contributed by atoms with Gasteiger partial charge in [-0.05, 0) is 12.1 Å². The number of amides is 2. The molecule has 10 nitrogen and oxygen atoms in total. The summed E-state index contributed by atoms with van der Waals surface area (Å²) in [4.78, 5) is 45.9. The number of quaternary nitrogens is 2. The molecule has 0 aliphatic rings. The molecule has 0 aliphatic carbocycles. The normalized spacial score (nSPS) is 10.8. The summed E-state index contributed by atoms with van der Waals surface area (Å²) >= 11 is 0. The van der Waals surface area contributed by atoms with Gasteiger partial charge >= 0.3 is 0 Å². The lowest BCUT2D eigenvalue weighted by Gasteiger charge is -2.14. The topological polar surface area (TPSA) is 138 Å². The van der Waals surface area contributed by atoms with E-state index in [0.29, 0.717) is 0 Å². The molecule has 0 saturated carbocycles. The van der Waals surface area contributed by atoms with Crippen LogP contribution in [0.15, 0.2) is 60.9 Å². The molecule has 2 amide bonds. The minimum atomic E-state index is -1.49. The van der Waals surface area contributed by atoms with Crippen molar-refractivity contribution in [2.75, 3.05) is 56.4 Å². The van der Waals surface area contributed by atoms with Crippen LogP contribution in [0.3, 0.4) is 0 Å². The lowest BCUT2D eigenvalue weighted by molar-refractivity contribution is -0.849. The summed E-state index contributed by atoms with van der Waals surface area (Å²) in [6, 6.07) is 11.0. The first-order valence-electron chi connectivity index (χ1n) is 10.9. The highest BCUT2D eigenvalue weighted by atomic mass is 16.4. The molecule has 0 spiro atoms. The molecule has 0 radical (unpaired) electrons. The van der Waals surface area contributed by atoms with Gasteiger partial charge in [-0.25, -0.2) is 0 Å². The van der Waals surface area contributed by atoms with Crippen LogP contribution in [0.1, 0.15) is 41.4 Å². The van der Waals surface area contributed by atoms with Crippen LogP contribution in [0.25, 0.3) is 0 Å². The number of benzene rings is 2. The SMILES string of the molecule is C[N+](C)(C)C.C[N+](C)(C)C.O=C([O-])c1ccccc1C(=O)N/C=C/NC(=O)c1ccccc1C(=O)[O-]. The molecular formula is C26H36N4O6. The minimum absolute atomic E-state index is 0.106. The van der Waals surface area contributed by atoms with Gasteiger partial charge in [-0.2, -0.15) is 0 Å². The third-order valence-electron chi connectivity index (χ3n) is 3.30. The van der Waals surface area contributed by atoms with Crippen LogP contribution in [0.2, 0.25) is 0 Å². The molecule has 0 aliphatic heterocycles. The molecule has 0 unspecified atom stereocenters. The number of aromatic carboxylic acids is 2. The lowest BCUT2D eigenvalue weighted by atomic mass is 10.1. The largest absolute Gasteiger partial charge is 0.545 e. The Morgan fingerprint density at radius 3 is 1.00 bits per heavy atom. The highest BCUT2D eigenvalue weighted by Crippen LogP contribution is 2.08. The smallest absolute Gasteiger partial charge is 0.255 e. The van der Waals surface area contributed by atoms with Gasteiger partial charge in [-0.3, -0.25) is 9.59 Å². The summed E-state index contributed by atoms with van der Waals surface area (Å²) in [5, 5.41) is 26.5. The van der Waals surface area contributed by atoms with E-state index in [-0.39, 0.29) is 22.3 Å². The second kappa shape index (κ2) is 14.4. The van der Waals surface area contributed by atoms with E-state index in [0.717, 1.165) is 21.4 Å². The van der Waals surface area contributed by atoms with Crippen LogP contribution in [0.5, 0.6) is 0 Å². The van der Waals surface area contributed by atoms with Crippen molar-refractivity contribution < 1.29 is 38.4 Å². The van der Waals surface area contributed by atoms with E-state index in [1.165, 1.54) is 48.5 Å². The van der Waals surface area contributed by atoms with Crippen molar-refractivity contribution in [3.63, 3.8) is 0 Å². The van der Waals surface area contributed by atoms with E-state index in [9.17, 15) is 29.4 Å². The number of rotatable bonds is 6. The van der Waals surface area contributed by atoms with Crippen molar-refractivity contribution in [3.05, 3.63) is 83.2 Å². The predicted octanol–water partition coefficient (Wildman–Crippen LogP) is -0.311. The number of carbonyl (C=O) groups excluding carboxylic acids is 4. The third-order valence-corrected chi connectivity index (χ3v) is 3.30. The number of carboxylic acid groups (broad SMARTS) is 2. The zero-order valence-electron chi connectivity index (χ0n) is 22.1. The second-order valence-corrected chi connectivity index (χ2v) is 10.3. The molecule has 0 heterocycles. The van der Waals surface area contributed by atoms with Crippen LogP contribution >= 0.6 is 0 Å². The molecule has 196 valence electrons. The molecular weight excluding hydrogens is 464 g/mol. The molecule has 36 heavy (non-hydrogen) atoms. The second-order valence-electron chi connectivity index (χ2n) is 10.3. The van der Waals surface area contributed by atoms with E-state index < -0.39 is 23.8 Å². The highest BCUT2D eigenvalue weighted by molar-refractivity contribution is 6.05. The van der Waals surface area contributed by atoms with Crippen molar-refractivity contribution in [3.8, 4) is 0 Å². The van der Waals surface area contributed by atoms with E-state index in [2.05, 4.69) is 67.0 Å². The molecule has 2 aromatic rings. The fourth-order valence-corrected chi connectivity index (χ4v) is 2.11. The number of nitrogens with one attached hydrogen (secondary N) is 2. The highest BCUT2D eigenvalue weighted by Gasteiger charge is 2.11. The third kappa shape index (κ3) is 15.0. The zero-order valence-corrected chi connectivity index (χ0v) is 22.1. The van der Waals surface area contributed by atoms with Crippen LogP contribution in [-0.2, 0) is 0 Å². The van der Waals surface area contributed by atoms with Gasteiger partial charge in [0.15, 0.2) is 0 Å². The van der Waals surface area contributed by atoms with Crippen LogP contribution in [0, 0.1) is 0 Å². The Labute approximate surface area is 212 Å². The van der Waals surface area contributed by atoms with Gasteiger partial charge in [0, 0.05) is 34.7 Å². The van der Waals surface area contributed by atoms with E-state index in [1.54, 1.807) is 0 Å². The number of carbonyl (C=O) groups is 4. The van der Waals surface area contributed by atoms with Gasteiger partial charge in [0.1, 0.15) is 0 Å². The van der Waals surface area contributed by atoms with Gasteiger partial charge in [0.2, 0.25) is 0 Å². The Morgan fingerprint density at radius 1 is 0.556 bits per heavy atom. The molecule has 2 aromatic carbocycles. The number of carboxylic acids is 2. The number of hydrogen-bond acceptors (Lipinski definition) is 6. The first-order valence-corrected chi connectivity index (χ1v) is 10.9. The fourth-order valence-electron chi connectivity index (χ4n) is 2.11. The standard InChI is InChI=1S/C18H14N2O6.2C4H12N/c21-15(11-5-1-3-7-13(11)17(23)24)19-9-10-20-16(22)12-6-2-4-8-14(12)18(25)26;2*1-5(2,3)4/h1-10H,(H,19,21)(H,20,22)(H,23,24)(H,25,26);2*1-4H3/q;2*+1/p-2/b10-9+;;. The van der Waals surface area contributed by atoms with Crippen molar-refractivity contribution in [1.82, 2.24) is 10.6 Å².